The van der Waals surface area contributed by atoms with Crippen LogP contribution in [0.2, 0.25) is 0 Å². The van der Waals surface area contributed by atoms with Crippen LogP contribution < -0.4 is 5.73 Å². The van der Waals surface area contributed by atoms with E-state index < -0.39 is 0 Å². The van der Waals surface area contributed by atoms with Crippen LogP contribution in [-0.4, -0.2) is 6.26 Å². The first kappa shape index (κ1) is 9.62. The smallest absolute Gasteiger partial charge is 0.0292 e. The lowest BCUT2D eigenvalue weighted by atomic mass is 10.1. The molecule has 1 aromatic carbocycles. The Kier molecular flexibility index (Phi) is 3.63. The highest BCUT2D eigenvalue weighted by molar-refractivity contribution is 7.98. The molecule has 1 aromatic rings. The average Bonchev–Trinajstić information content (AvgIpc) is 2.17. The van der Waals surface area contributed by atoms with Crippen molar-refractivity contribution in [2.24, 2.45) is 5.73 Å². The molecule has 0 aliphatic heterocycles. The maximum absolute atomic E-state index is 5.91. The molecule has 0 saturated carbocycles. The number of thioether (sulfide) groups is 1. The molecule has 0 bridgehead atoms. The van der Waals surface area contributed by atoms with Crippen LogP contribution in [0.4, 0.5) is 0 Å². The average molecular weight is 181 g/mol. The summed E-state index contributed by atoms with van der Waals surface area (Å²) in [5.41, 5.74) is 7.15. The number of benzene rings is 1. The van der Waals surface area contributed by atoms with Gasteiger partial charge in [0.15, 0.2) is 0 Å². The quantitative estimate of drug-likeness (QED) is 0.726. The maximum atomic E-state index is 5.91. The molecule has 2 heteroatoms. The van der Waals surface area contributed by atoms with E-state index in [9.17, 15) is 0 Å². The molecule has 0 aromatic heterocycles. The van der Waals surface area contributed by atoms with Crippen LogP contribution in [0.3, 0.4) is 0 Å². The molecule has 0 amide bonds. The van der Waals surface area contributed by atoms with Crippen molar-refractivity contribution in [2.45, 2.75) is 24.3 Å². The van der Waals surface area contributed by atoms with Crippen LogP contribution in [0.5, 0.6) is 0 Å². The van der Waals surface area contributed by atoms with Crippen LogP contribution in [0.1, 0.15) is 24.9 Å². The Morgan fingerprint density at radius 2 is 2.25 bits per heavy atom. The summed E-state index contributed by atoms with van der Waals surface area (Å²) in [5.74, 6) is 0. The van der Waals surface area contributed by atoms with E-state index in [1.807, 2.05) is 0 Å². The molecular weight excluding hydrogens is 166 g/mol. The zero-order chi connectivity index (χ0) is 8.97. The van der Waals surface area contributed by atoms with Gasteiger partial charge >= 0.3 is 0 Å². The summed E-state index contributed by atoms with van der Waals surface area (Å²) in [6.07, 6.45) is 3.08. The Bertz CT molecular complexity index is 247. The first-order valence-electron chi connectivity index (χ1n) is 4.17. The van der Waals surface area contributed by atoms with E-state index in [2.05, 4.69) is 37.4 Å². The molecule has 12 heavy (non-hydrogen) atoms. The maximum Gasteiger partial charge on any atom is 0.0292 e. The molecule has 0 unspecified atom stereocenters. The minimum absolute atomic E-state index is 0.192. The molecular formula is C10H15NS. The SMILES string of the molecule is CC[C@@H](N)c1cccc(SC)c1. The van der Waals surface area contributed by atoms with Gasteiger partial charge in [-0.15, -0.1) is 11.8 Å². The van der Waals surface area contributed by atoms with Crippen molar-refractivity contribution in [1.29, 1.82) is 0 Å². The molecule has 1 rings (SSSR count). The number of rotatable bonds is 3. The molecule has 66 valence electrons. The Morgan fingerprint density at radius 1 is 1.50 bits per heavy atom. The third-order valence-electron chi connectivity index (χ3n) is 1.96. The largest absolute Gasteiger partial charge is 0.324 e. The highest BCUT2D eigenvalue weighted by Gasteiger charge is 2.02. The predicted octanol–water partition coefficient (Wildman–Crippen LogP) is 2.82. The van der Waals surface area contributed by atoms with Gasteiger partial charge in [-0.2, -0.15) is 0 Å². The second-order valence-corrected chi connectivity index (χ2v) is 3.67. The van der Waals surface area contributed by atoms with E-state index in [0.29, 0.717) is 0 Å². The third kappa shape index (κ3) is 2.26. The summed E-state index contributed by atoms with van der Waals surface area (Å²) in [7, 11) is 0. The van der Waals surface area contributed by atoms with E-state index in [4.69, 9.17) is 5.73 Å². The second kappa shape index (κ2) is 4.53. The normalized spacial score (nSPS) is 12.9. The van der Waals surface area contributed by atoms with Crippen LogP contribution in [0, 0.1) is 0 Å². The van der Waals surface area contributed by atoms with Gasteiger partial charge in [-0.05, 0) is 30.4 Å². The molecule has 0 fully saturated rings. The van der Waals surface area contributed by atoms with Crippen molar-refractivity contribution < 1.29 is 0 Å². The van der Waals surface area contributed by atoms with Gasteiger partial charge in [0, 0.05) is 10.9 Å². The standard InChI is InChI=1S/C10H15NS/c1-3-10(11)8-5-4-6-9(7-8)12-2/h4-7,10H,3,11H2,1-2H3/t10-/m1/s1. The molecule has 2 N–H and O–H groups in total. The van der Waals surface area contributed by atoms with Crippen molar-refractivity contribution in [3.63, 3.8) is 0 Å². The van der Waals surface area contributed by atoms with E-state index in [-0.39, 0.29) is 6.04 Å². The summed E-state index contributed by atoms with van der Waals surface area (Å²) in [5, 5.41) is 0. The van der Waals surface area contributed by atoms with Crippen molar-refractivity contribution >= 4 is 11.8 Å². The third-order valence-corrected chi connectivity index (χ3v) is 2.69. The lowest BCUT2D eigenvalue weighted by molar-refractivity contribution is 0.697. The van der Waals surface area contributed by atoms with Gasteiger partial charge in [0.05, 0.1) is 0 Å². The minimum atomic E-state index is 0.192. The van der Waals surface area contributed by atoms with Crippen LogP contribution in [0.15, 0.2) is 29.2 Å². The van der Waals surface area contributed by atoms with E-state index >= 15 is 0 Å². The van der Waals surface area contributed by atoms with Crippen molar-refractivity contribution in [3.05, 3.63) is 29.8 Å². The topological polar surface area (TPSA) is 26.0 Å². The molecule has 0 heterocycles. The molecule has 0 aliphatic carbocycles. The molecule has 0 spiro atoms. The zero-order valence-electron chi connectivity index (χ0n) is 7.58. The van der Waals surface area contributed by atoms with Crippen LogP contribution in [0.25, 0.3) is 0 Å². The highest BCUT2D eigenvalue weighted by Crippen LogP contribution is 2.20. The van der Waals surface area contributed by atoms with Crippen molar-refractivity contribution in [1.82, 2.24) is 0 Å². The van der Waals surface area contributed by atoms with Gasteiger partial charge < -0.3 is 5.73 Å². The van der Waals surface area contributed by atoms with Gasteiger partial charge in [-0.25, -0.2) is 0 Å². The van der Waals surface area contributed by atoms with Gasteiger partial charge in [0.25, 0.3) is 0 Å². The molecule has 0 aliphatic rings. The zero-order valence-corrected chi connectivity index (χ0v) is 8.40. The number of nitrogens with two attached hydrogens (primary N) is 1. The van der Waals surface area contributed by atoms with Gasteiger partial charge in [-0.1, -0.05) is 19.1 Å². The fourth-order valence-electron chi connectivity index (χ4n) is 1.11. The van der Waals surface area contributed by atoms with Gasteiger partial charge in [0.1, 0.15) is 0 Å². The second-order valence-electron chi connectivity index (χ2n) is 2.79. The fraction of sp³-hybridized carbons (Fsp3) is 0.400. The van der Waals surface area contributed by atoms with Gasteiger partial charge in [-0.3, -0.25) is 0 Å². The molecule has 0 saturated heterocycles. The molecule has 0 radical (unpaired) electrons. The predicted molar refractivity (Wildman–Crippen MR) is 55.4 cm³/mol. The lowest BCUT2D eigenvalue weighted by Gasteiger charge is -2.09. The minimum Gasteiger partial charge on any atom is -0.324 e. The Morgan fingerprint density at radius 3 is 2.83 bits per heavy atom. The number of hydrogen-bond acceptors (Lipinski definition) is 2. The van der Waals surface area contributed by atoms with Crippen LogP contribution in [-0.2, 0) is 0 Å². The highest BCUT2D eigenvalue weighted by atomic mass is 32.2. The summed E-state index contributed by atoms with van der Waals surface area (Å²) >= 11 is 1.76. The Labute approximate surface area is 78.4 Å². The first-order chi connectivity index (χ1) is 5.77. The van der Waals surface area contributed by atoms with E-state index in [1.165, 1.54) is 10.5 Å². The summed E-state index contributed by atoms with van der Waals surface area (Å²) in [4.78, 5) is 1.29. The Balaban J connectivity index is 2.86. The fourth-order valence-corrected chi connectivity index (χ4v) is 1.58. The number of hydrogen-bond donors (Lipinski definition) is 1. The van der Waals surface area contributed by atoms with Crippen molar-refractivity contribution in [2.75, 3.05) is 6.26 Å². The molecule has 1 nitrogen and oxygen atoms in total. The van der Waals surface area contributed by atoms with Crippen molar-refractivity contribution in [3.8, 4) is 0 Å². The summed E-state index contributed by atoms with van der Waals surface area (Å²) in [6.45, 7) is 2.11. The molecule has 1 atom stereocenters. The summed E-state index contributed by atoms with van der Waals surface area (Å²) in [6, 6.07) is 8.62. The van der Waals surface area contributed by atoms with Crippen LogP contribution >= 0.6 is 11.8 Å². The van der Waals surface area contributed by atoms with Gasteiger partial charge in [0.2, 0.25) is 0 Å². The van der Waals surface area contributed by atoms with E-state index in [0.717, 1.165) is 6.42 Å². The Hall–Kier alpha value is -0.470. The first-order valence-corrected chi connectivity index (χ1v) is 5.40. The summed E-state index contributed by atoms with van der Waals surface area (Å²) < 4.78 is 0. The monoisotopic (exact) mass is 181 g/mol. The van der Waals surface area contributed by atoms with E-state index in [1.54, 1.807) is 11.8 Å². The lowest BCUT2D eigenvalue weighted by Crippen LogP contribution is -2.08.